The van der Waals surface area contributed by atoms with Crippen molar-refractivity contribution in [3.8, 4) is 0 Å². The zero-order valence-corrected chi connectivity index (χ0v) is 15.6. The summed E-state index contributed by atoms with van der Waals surface area (Å²) in [5.41, 5.74) is 5.15. The molecule has 1 heterocycles. The molecule has 1 heteroatoms. The van der Waals surface area contributed by atoms with E-state index in [4.69, 9.17) is 4.74 Å². The van der Waals surface area contributed by atoms with Gasteiger partial charge in [0.25, 0.3) is 0 Å². The number of allylic oxidation sites excluding steroid dienone is 4. The molecular weight excluding hydrogens is 292 g/mol. The summed E-state index contributed by atoms with van der Waals surface area (Å²) in [4.78, 5) is 0. The highest BCUT2D eigenvalue weighted by Crippen LogP contribution is 2.38. The highest BCUT2D eigenvalue weighted by atomic mass is 16.5. The van der Waals surface area contributed by atoms with Crippen LogP contribution in [0.25, 0.3) is 5.57 Å². The Morgan fingerprint density at radius 2 is 1.96 bits per heavy atom. The summed E-state index contributed by atoms with van der Waals surface area (Å²) in [6, 6.07) is 8.99. The Kier molecular flexibility index (Phi) is 7.36. The number of hydrogen-bond acceptors (Lipinski definition) is 1. The predicted octanol–water partition coefficient (Wildman–Crippen LogP) is 6.71. The second-order valence-corrected chi connectivity index (χ2v) is 7.45. The Labute approximate surface area is 148 Å². The molecule has 0 N–H and O–H groups in total. The van der Waals surface area contributed by atoms with Gasteiger partial charge in [-0.25, -0.2) is 0 Å². The summed E-state index contributed by atoms with van der Waals surface area (Å²) in [7, 11) is 0. The minimum Gasteiger partial charge on any atom is -0.497 e. The van der Waals surface area contributed by atoms with Crippen LogP contribution in [0.2, 0.25) is 0 Å². The molecule has 130 valence electrons. The van der Waals surface area contributed by atoms with E-state index in [1.54, 1.807) is 17.4 Å². The minimum absolute atomic E-state index is 0.502. The Balaban J connectivity index is 0.000000292. The Morgan fingerprint density at radius 3 is 2.50 bits per heavy atom. The molecule has 0 saturated heterocycles. The third kappa shape index (κ3) is 6.03. The molecule has 1 aromatic carbocycles. The fourth-order valence-electron chi connectivity index (χ4n) is 3.09. The third-order valence-electron chi connectivity index (χ3n) is 4.75. The van der Waals surface area contributed by atoms with Gasteiger partial charge < -0.3 is 4.74 Å². The highest BCUT2D eigenvalue weighted by Gasteiger charge is 2.22. The molecule has 0 spiro atoms. The maximum Gasteiger partial charge on any atom is 0.106 e. The molecule has 0 saturated carbocycles. The van der Waals surface area contributed by atoms with Crippen LogP contribution in [-0.4, -0.2) is 6.61 Å². The molecule has 1 aromatic rings. The molecule has 0 aromatic heterocycles. The molecule has 1 nitrogen and oxygen atoms in total. The first-order valence-corrected chi connectivity index (χ1v) is 9.33. The van der Waals surface area contributed by atoms with Gasteiger partial charge in [-0.1, -0.05) is 63.6 Å². The molecule has 2 aliphatic rings. The molecular formula is C23H32O. The van der Waals surface area contributed by atoms with E-state index in [-0.39, 0.29) is 0 Å². The van der Waals surface area contributed by atoms with Crippen molar-refractivity contribution in [2.45, 2.75) is 59.3 Å². The van der Waals surface area contributed by atoms with E-state index in [1.165, 1.54) is 44.1 Å². The van der Waals surface area contributed by atoms with Crippen molar-refractivity contribution in [2.24, 2.45) is 5.41 Å². The zero-order valence-electron chi connectivity index (χ0n) is 15.6. The van der Waals surface area contributed by atoms with Crippen LogP contribution in [-0.2, 0) is 11.2 Å². The van der Waals surface area contributed by atoms with Crippen LogP contribution in [0, 0.1) is 5.41 Å². The third-order valence-corrected chi connectivity index (χ3v) is 4.75. The summed E-state index contributed by atoms with van der Waals surface area (Å²) in [6.07, 6.45) is 17.5. The second kappa shape index (κ2) is 9.52. The number of aryl methyl sites for hydroxylation is 1. The first kappa shape index (κ1) is 18.6. The lowest BCUT2D eigenvalue weighted by atomic mass is 9.76. The predicted molar refractivity (Wildman–Crippen MR) is 105 cm³/mol. The first-order valence-electron chi connectivity index (χ1n) is 9.33. The Bertz CT molecular complexity index is 578. The molecule has 1 aliphatic carbocycles. The quantitative estimate of drug-likeness (QED) is 0.598. The highest BCUT2D eigenvalue weighted by molar-refractivity contribution is 5.69. The van der Waals surface area contributed by atoms with Crippen molar-refractivity contribution < 1.29 is 4.74 Å². The molecule has 0 atom stereocenters. The van der Waals surface area contributed by atoms with Gasteiger partial charge in [0.1, 0.15) is 6.61 Å². The standard InChI is InChI=1S/C18H26.C5H6O/c1-4-5-8-15-9-6-7-10-17(15)16-11-13-18(2,3)14-12-16;1-2-4-6-5-3-1/h6-7,9-11H,4-5,8,12-14H2,1-3H3;1-4H,5H2. The lowest BCUT2D eigenvalue weighted by molar-refractivity contribution is 0.286. The van der Waals surface area contributed by atoms with E-state index >= 15 is 0 Å². The van der Waals surface area contributed by atoms with E-state index < -0.39 is 0 Å². The van der Waals surface area contributed by atoms with Gasteiger partial charge in [0.2, 0.25) is 0 Å². The maximum atomic E-state index is 4.80. The SMILES string of the molecule is C1=CCOC=C1.CCCCc1ccccc1C1=CCC(C)(C)CC1. The van der Waals surface area contributed by atoms with Crippen LogP contribution in [0.3, 0.4) is 0 Å². The lowest BCUT2D eigenvalue weighted by Gasteiger charge is -2.29. The Hall–Kier alpha value is -1.76. The molecule has 0 fully saturated rings. The summed E-state index contributed by atoms with van der Waals surface area (Å²) in [6.45, 7) is 7.76. The molecule has 1 aliphatic heterocycles. The van der Waals surface area contributed by atoms with Crippen LogP contribution >= 0.6 is 0 Å². The number of benzene rings is 1. The van der Waals surface area contributed by atoms with E-state index in [1.807, 2.05) is 18.2 Å². The van der Waals surface area contributed by atoms with Crippen LogP contribution in [0.1, 0.15) is 64.0 Å². The number of unbranched alkanes of at least 4 members (excludes halogenated alkanes) is 1. The number of ether oxygens (including phenoxy) is 1. The molecule has 24 heavy (non-hydrogen) atoms. The van der Waals surface area contributed by atoms with Gasteiger partial charge in [-0.2, -0.15) is 0 Å². The van der Waals surface area contributed by atoms with Crippen molar-refractivity contribution in [3.05, 3.63) is 66.0 Å². The van der Waals surface area contributed by atoms with Crippen molar-refractivity contribution in [2.75, 3.05) is 6.61 Å². The average molecular weight is 325 g/mol. The molecule has 3 rings (SSSR count). The van der Waals surface area contributed by atoms with Gasteiger partial charge in [-0.05, 0) is 66.4 Å². The summed E-state index contributed by atoms with van der Waals surface area (Å²) < 4.78 is 4.80. The normalized spacial score (nSPS) is 18.2. The summed E-state index contributed by atoms with van der Waals surface area (Å²) in [5, 5.41) is 0. The van der Waals surface area contributed by atoms with Crippen molar-refractivity contribution in [3.63, 3.8) is 0 Å². The van der Waals surface area contributed by atoms with Gasteiger partial charge in [0, 0.05) is 0 Å². The summed E-state index contributed by atoms with van der Waals surface area (Å²) >= 11 is 0. The lowest BCUT2D eigenvalue weighted by Crippen LogP contribution is -2.14. The van der Waals surface area contributed by atoms with Gasteiger partial charge in [-0.3, -0.25) is 0 Å². The zero-order chi connectivity index (χ0) is 17.3. The molecule has 0 unspecified atom stereocenters. The van der Waals surface area contributed by atoms with Crippen molar-refractivity contribution in [1.82, 2.24) is 0 Å². The first-order chi connectivity index (χ1) is 11.6. The van der Waals surface area contributed by atoms with E-state index in [0.29, 0.717) is 5.41 Å². The maximum absolute atomic E-state index is 4.80. The van der Waals surface area contributed by atoms with Gasteiger partial charge in [0.15, 0.2) is 0 Å². The summed E-state index contributed by atoms with van der Waals surface area (Å²) in [5.74, 6) is 0. The minimum atomic E-state index is 0.502. The Morgan fingerprint density at radius 1 is 1.12 bits per heavy atom. The van der Waals surface area contributed by atoms with Crippen LogP contribution in [0.15, 0.2) is 54.8 Å². The van der Waals surface area contributed by atoms with Crippen LogP contribution < -0.4 is 0 Å². The number of hydrogen-bond donors (Lipinski definition) is 0. The fraction of sp³-hybridized carbons (Fsp3) is 0.478. The largest absolute Gasteiger partial charge is 0.497 e. The van der Waals surface area contributed by atoms with E-state index in [2.05, 4.69) is 51.1 Å². The van der Waals surface area contributed by atoms with Gasteiger partial charge in [-0.15, -0.1) is 0 Å². The monoisotopic (exact) mass is 324 g/mol. The second-order valence-electron chi connectivity index (χ2n) is 7.45. The number of rotatable bonds is 4. The smallest absolute Gasteiger partial charge is 0.106 e. The van der Waals surface area contributed by atoms with Gasteiger partial charge in [0.05, 0.1) is 6.26 Å². The van der Waals surface area contributed by atoms with Crippen LogP contribution in [0.5, 0.6) is 0 Å². The van der Waals surface area contributed by atoms with E-state index in [0.717, 1.165) is 6.61 Å². The fourth-order valence-corrected chi connectivity index (χ4v) is 3.09. The van der Waals surface area contributed by atoms with Crippen molar-refractivity contribution in [1.29, 1.82) is 0 Å². The van der Waals surface area contributed by atoms with Crippen LogP contribution in [0.4, 0.5) is 0 Å². The molecule has 0 amide bonds. The van der Waals surface area contributed by atoms with E-state index in [9.17, 15) is 0 Å². The van der Waals surface area contributed by atoms with Gasteiger partial charge >= 0.3 is 0 Å². The molecule has 0 radical (unpaired) electrons. The topological polar surface area (TPSA) is 9.23 Å². The average Bonchev–Trinajstić information content (AvgIpc) is 2.62. The molecule has 0 bridgehead atoms. The van der Waals surface area contributed by atoms with Crippen molar-refractivity contribution >= 4 is 5.57 Å².